The minimum Gasteiger partial charge on any atom is -0.349 e. The minimum absolute atomic E-state index is 0.0329. The number of nitrogens with zero attached hydrogens (tertiary/aromatic N) is 3. The summed E-state index contributed by atoms with van der Waals surface area (Å²) in [6, 6.07) is 3.63. The van der Waals surface area contributed by atoms with E-state index in [9.17, 15) is 9.59 Å². The molecule has 4 rings (SSSR count). The van der Waals surface area contributed by atoms with Crippen molar-refractivity contribution in [2.45, 2.75) is 32.2 Å². The molecule has 0 bridgehead atoms. The number of thiazole rings is 1. The number of amides is 2. The highest BCUT2D eigenvalue weighted by molar-refractivity contribution is 7.09. The first-order chi connectivity index (χ1) is 12.0. The van der Waals surface area contributed by atoms with Crippen molar-refractivity contribution in [1.29, 1.82) is 0 Å². The molecule has 0 radical (unpaired) electrons. The number of hydrogen-bond donors (Lipinski definition) is 1. The summed E-state index contributed by atoms with van der Waals surface area (Å²) in [6.45, 7) is 3.46. The van der Waals surface area contributed by atoms with Gasteiger partial charge in [0, 0.05) is 42.5 Å². The van der Waals surface area contributed by atoms with Crippen molar-refractivity contribution in [3.63, 3.8) is 0 Å². The van der Waals surface area contributed by atoms with E-state index in [0.29, 0.717) is 11.3 Å². The molecule has 2 aromatic rings. The van der Waals surface area contributed by atoms with Crippen molar-refractivity contribution in [2.75, 3.05) is 13.1 Å². The second-order valence-corrected chi connectivity index (χ2v) is 8.11. The molecule has 2 aromatic heterocycles. The molecule has 2 amide bonds. The first-order valence-corrected chi connectivity index (χ1v) is 9.35. The summed E-state index contributed by atoms with van der Waals surface area (Å²) >= 11 is 1.51. The number of hydrogen-bond acceptors (Lipinski definition) is 5. The SMILES string of the molecule is Cc1nc(C(=O)N2CCC3(CC(NC(=O)c4ccncc4)C3)C2)cs1. The largest absolute Gasteiger partial charge is 0.349 e. The van der Waals surface area contributed by atoms with Crippen LogP contribution >= 0.6 is 11.3 Å². The number of rotatable bonds is 3. The Kier molecular flexibility index (Phi) is 4.03. The molecule has 0 atom stereocenters. The zero-order valence-electron chi connectivity index (χ0n) is 14.1. The Labute approximate surface area is 150 Å². The van der Waals surface area contributed by atoms with E-state index >= 15 is 0 Å². The molecule has 1 spiro atoms. The molecule has 6 nitrogen and oxygen atoms in total. The lowest BCUT2D eigenvalue weighted by Gasteiger charge is -2.45. The van der Waals surface area contributed by atoms with Crippen LogP contribution in [0.3, 0.4) is 0 Å². The Morgan fingerprint density at radius 3 is 2.76 bits per heavy atom. The van der Waals surface area contributed by atoms with E-state index in [1.807, 2.05) is 17.2 Å². The molecular formula is C18H20N4O2S. The molecule has 1 N–H and O–H groups in total. The fourth-order valence-electron chi connectivity index (χ4n) is 3.93. The second-order valence-electron chi connectivity index (χ2n) is 7.04. The maximum absolute atomic E-state index is 12.5. The third kappa shape index (κ3) is 3.16. The van der Waals surface area contributed by atoms with Crippen LogP contribution in [0.4, 0.5) is 0 Å². The zero-order valence-corrected chi connectivity index (χ0v) is 14.9. The molecule has 2 fully saturated rings. The van der Waals surface area contributed by atoms with Gasteiger partial charge in [0.2, 0.25) is 0 Å². The van der Waals surface area contributed by atoms with Gasteiger partial charge in [0.25, 0.3) is 11.8 Å². The van der Waals surface area contributed by atoms with E-state index in [4.69, 9.17) is 0 Å². The minimum atomic E-state index is -0.0499. The molecule has 1 aliphatic heterocycles. The fourth-order valence-corrected chi connectivity index (χ4v) is 4.51. The topological polar surface area (TPSA) is 75.2 Å². The van der Waals surface area contributed by atoms with Crippen LogP contribution < -0.4 is 5.32 Å². The molecule has 2 aliphatic rings. The summed E-state index contributed by atoms with van der Waals surface area (Å²) in [5.41, 5.74) is 1.36. The van der Waals surface area contributed by atoms with Gasteiger partial charge in [-0.1, -0.05) is 0 Å². The normalized spacial score (nSPS) is 25.0. The maximum Gasteiger partial charge on any atom is 0.273 e. The third-order valence-electron chi connectivity index (χ3n) is 5.20. The predicted octanol–water partition coefficient (Wildman–Crippen LogP) is 2.27. The van der Waals surface area contributed by atoms with Crippen molar-refractivity contribution < 1.29 is 9.59 Å². The zero-order chi connectivity index (χ0) is 17.4. The highest BCUT2D eigenvalue weighted by Crippen LogP contribution is 2.48. The Bertz CT molecular complexity index is 798. The van der Waals surface area contributed by atoms with Gasteiger partial charge < -0.3 is 10.2 Å². The number of carbonyl (C=O) groups excluding carboxylic acids is 2. The summed E-state index contributed by atoms with van der Waals surface area (Å²) in [5, 5.41) is 5.83. The van der Waals surface area contributed by atoms with Crippen LogP contribution in [0.15, 0.2) is 29.9 Å². The van der Waals surface area contributed by atoms with E-state index < -0.39 is 0 Å². The lowest BCUT2D eigenvalue weighted by atomic mass is 9.65. The molecule has 1 saturated carbocycles. The molecule has 7 heteroatoms. The van der Waals surface area contributed by atoms with Gasteiger partial charge in [0.1, 0.15) is 5.69 Å². The third-order valence-corrected chi connectivity index (χ3v) is 5.97. The van der Waals surface area contributed by atoms with Gasteiger partial charge >= 0.3 is 0 Å². The van der Waals surface area contributed by atoms with Gasteiger partial charge in [-0.25, -0.2) is 4.98 Å². The molecule has 0 aromatic carbocycles. The molecule has 130 valence electrons. The molecule has 0 unspecified atom stereocenters. The summed E-state index contributed by atoms with van der Waals surface area (Å²) in [6.07, 6.45) is 6.12. The van der Waals surface area contributed by atoms with E-state index in [-0.39, 0.29) is 23.3 Å². The molecule has 1 aliphatic carbocycles. The molecular weight excluding hydrogens is 336 g/mol. The summed E-state index contributed by atoms with van der Waals surface area (Å²) in [4.78, 5) is 34.9. The number of pyridine rings is 1. The number of carbonyl (C=O) groups is 2. The van der Waals surface area contributed by atoms with Gasteiger partial charge in [-0.3, -0.25) is 14.6 Å². The van der Waals surface area contributed by atoms with E-state index in [2.05, 4.69) is 15.3 Å². The van der Waals surface area contributed by atoms with Crippen molar-refractivity contribution in [3.8, 4) is 0 Å². The lowest BCUT2D eigenvalue weighted by molar-refractivity contribution is 0.0607. The smallest absolute Gasteiger partial charge is 0.273 e. The van der Waals surface area contributed by atoms with E-state index in [1.165, 1.54) is 11.3 Å². The van der Waals surface area contributed by atoms with Gasteiger partial charge in [-0.2, -0.15) is 0 Å². The Morgan fingerprint density at radius 2 is 2.08 bits per heavy atom. The Hall–Kier alpha value is -2.28. The highest BCUT2D eigenvalue weighted by atomic mass is 32.1. The standard InChI is InChI=1S/C18H20N4O2S/c1-12-20-15(10-25-12)17(24)22-7-4-18(11-22)8-14(9-18)21-16(23)13-2-5-19-6-3-13/h2-3,5-6,10,14H,4,7-9,11H2,1H3,(H,21,23). The van der Waals surface area contributed by atoms with Crippen LogP contribution in [0, 0.1) is 12.3 Å². The van der Waals surface area contributed by atoms with Gasteiger partial charge in [0.05, 0.1) is 5.01 Å². The van der Waals surface area contributed by atoms with Gasteiger partial charge in [-0.15, -0.1) is 11.3 Å². The van der Waals surface area contributed by atoms with Gasteiger partial charge in [0.15, 0.2) is 0 Å². The monoisotopic (exact) mass is 356 g/mol. The first-order valence-electron chi connectivity index (χ1n) is 8.47. The lowest BCUT2D eigenvalue weighted by Crippen LogP contribution is -2.52. The van der Waals surface area contributed by atoms with Crippen LogP contribution in [0.1, 0.15) is 45.1 Å². The van der Waals surface area contributed by atoms with Gasteiger partial charge in [-0.05, 0) is 43.7 Å². The average Bonchev–Trinajstić information content (AvgIpc) is 3.21. The quantitative estimate of drug-likeness (QED) is 0.915. The summed E-state index contributed by atoms with van der Waals surface area (Å²) < 4.78 is 0. The number of nitrogens with one attached hydrogen (secondary N) is 1. The maximum atomic E-state index is 12.5. The van der Waals surface area contributed by atoms with Crippen molar-refractivity contribution >= 4 is 23.2 Å². The van der Waals surface area contributed by atoms with Crippen LogP contribution in [-0.4, -0.2) is 45.8 Å². The fraction of sp³-hybridized carbons (Fsp3) is 0.444. The average molecular weight is 356 g/mol. The summed E-state index contributed by atoms with van der Waals surface area (Å²) in [5.74, 6) is -0.0170. The van der Waals surface area contributed by atoms with Crippen LogP contribution in [0.25, 0.3) is 0 Å². The number of likely N-dealkylation sites (tertiary alicyclic amines) is 1. The Morgan fingerprint density at radius 1 is 1.32 bits per heavy atom. The van der Waals surface area contributed by atoms with E-state index in [1.54, 1.807) is 24.5 Å². The molecule has 1 saturated heterocycles. The second kappa shape index (κ2) is 6.22. The number of aryl methyl sites for hydroxylation is 1. The Balaban J connectivity index is 1.31. The molecule has 25 heavy (non-hydrogen) atoms. The summed E-state index contributed by atoms with van der Waals surface area (Å²) in [7, 11) is 0. The predicted molar refractivity (Wildman–Crippen MR) is 94.5 cm³/mol. The number of aromatic nitrogens is 2. The van der Waals surface area contributed by atoms with Crippen LogP contribution in [-0.2, 0) is 0 Å². The van der Waals surface area contributed by atoms with Crippen LogP contribution in [0.5, 0.6) is 0 Å². The van der Waals surface area contributed by atoms with Crippen molar-refractivity contribution in [2.24, 2.45) is 5.41 Å². The van der Waals surface area contributed by atoms with Crippen molar-refractivity contribution in [3.05, 3.63) is 46.2 Å². The first kappa shape index (κ1) is 16.2. The van der Waals surface area contributed by atoms with Crippen LogP contribution in [0.2, 0.25) is 0 Å². The highest BCUT2D eigenvalue weighted by Gasteiger charge is 2.50. The molecule has 3 heterocycles. The van der Waals surface area contributed by atoms with E-state index in [0.717, 1.165) is 37.4 Å². The van der Waals surface area contributed by atoms with Crippen molar-refractivity contribution in [1.82, 2.24) is 20.2 Å².